The molecule has 6 heteroatoms. The molecule has 21 heavy (non-hydrogen) atoms. The van der Waals surface area contributed by atoms with Crippen LogP contribution >= 0.6 is 0 Å². The number of aromatic carboxylic acids is 1. The van der Waals surface area contributed by atoms with Gasteiger partial charge in [0, 0.05) is 23.5 Å². The minimum atomic E-state index is -1.34. The minimum absolute atomic E-state index is 0.0482. The van der Waals surface area contributed by atoms with Gasteiger partial charge in [-0.25, -0.2) is 0 Å². The summed E-state index contributed by atoms with van der Waals surface area (Å²) in [6.07, 6.45) is 2.48. The number of benzene rings is 1. The molecule has 0 aromatic heterocycles. The number of carboxylic acid groups (broad SMARTS) is 2. The monoisotopic (exact) mass is 289 g/mol. The van der Waals surface area contributed by atoms with Crippen LogP contribution in [0.3, 0.4) is 0 Å². The number of carbonyl (C=O) groups is 3. The van der Waals surface area contributed by atoms with Crippen LogP contribution in [0.2, 0.25) is 0 Å². The predicted molar refractivity (Wildman–Crippen MR) is 69.9 cm³/mol. The number of carbonyl (C=O) groups excluding carboxylic acids is 3. The van der Waals surface area contributed by atoms with Gasteiger partial charge in [0.2, 0.25) is 5.91 Å². The maximum atomic E-state index is 12.2. The standard InChI is InChI=1S/C15H17NO5/c17-13(11-6-1-2-7-12(11)15(20)21)16-10-5-3-4-9(8-10)14(18)19/h3-5,8,11-12H,1-2,6-7H2,(H,16,17)(H,18,19)(H,20,21)/p-2. The molecule has 0 aliphatic heterocycles. The summed E-state index contributed by atoms with van der Waals surface area (Å²) < 4.78 is 0. The van der Waals surface area contributed by atoms with E-state index in [0.717, 1.165) is 12.8 Å². The second kappa shape index (κ2) is 6.39. The van der Waals surface area contributed by atoms with Crippen molar-refractivity contribution in [3.63, 3.8) is 0 Å². The largest absolute Gasteiger partial charge is 0.550 e. The molecule has 1 aliphatic carbocycles. The smallest absolute Gasteiger partial charge is 0.228 e. The quantitative estimate of drug-likeness (QED) is 0.807. The minimum Gasteiger partial charge on any atom is -0.550 e. The Hall–Kier alpha value is -2.37. The lowest BCUT2D eigenvalue weighted by molar-refractivity contribution is -0.313. The van der Waals surface area contributed by atoms with Crippen molar-refractivity contribution in [2.45, 2.75) is 25.7 Å². The molecule has 1 aromatic rings. The molecule has 2 unspecified atom stereocenters. The van der Waals surface area contributed by atoms with Gasteiger partial charge >= 0.3 is 0 Å². The first-order valence-corrected chi connectivity index (χ1v) is 6.82. The van der Waals surface area contributed by atoms with Crippen molar-refractivity contribution in [2.24, 2.45) is 11.8 Å². The first kappa shape index (κ1) is 15.0. The van der Waals surface area contributed by atoms with Crippen molar-refractivity contribution in [2.75, 3.05) is 5.32 Å². The van der Waals surface area contributed by atoms with Gasteiger partial charge in [-0.2, -0.15) is 0 Å². The van der Waals surface area contributed by atoms with Crippen molar-refractivity contribution in [3.05, 3.63) is 29.8 Å². The van der Waals surface area contributed by atoms with Crippen molar-refractivity contribution in [3.8, 4) is 0 Å². The Morgan fingerprint density at radius 1 is 1.05 bits per heavy atom. The highest BCUT2D eigenvalue weighted by atomic mass is 16.4. The summed E-state index contributed by atoms with van der Waals surface area (Å²) >= 11 is 0. The third-order valence-electron chi connectivity index (χ3n) is 3.77. The Kier molecular flexibility index (Phi) is 4.57. The van der Waals surface area contributed by atoms with Crippen molar-refractivity contribution >= 4 is 23.5 Å². The molecular formula is C15H15NO5-2. The van der Waals surface area contributed by atoms with E-state index in [2.05, 4.69) is 5.32 Å². The SMILES string of the molecule is O=C([O-])c1cccc(NC(=O)C2CCCCC2C(=O)[O-])c1. The third kappa shape index (κ3) is 3.59. The van der Waals surface area contributed by atoms with Crippen LogP contribution < -0.4 is 15.5 Å². The number of aliphatic carboxylic acids is 1. The summed E-state index contributed by atoms with van der Waals surface area (Å²) in [6, 6.07) is 5.67. The maximum absolute atomic E-state index is 12.2. The fraction of sp³-hybridized carbons (Fsp3) is 0.400. The average molecular weight is 289 g/mol. The van der Waals surface area contributed by atoms with Crippen LogP contribution in [0.5, 0.6) is 0 Å². The summed E-state index contributed by atoms with van der Waals surface area (Å²) in [5.41, 5.74) is 0.261. The summed E-state index contributed by atoms with van der Waals surface area (Å²) in [5, 5.41) is 24.4. The van der Waals surface area contributed by atoms with Gasteiger partial charge in [0.15, 0.2) is 0 Å². The van der Waals surface area contributed by atoms with Gasteiger partial charge in [-0.15, -0.1) is 0 Å². The second-order valence-electron chi connectivity index (χ2n) is 5.17. The maximum Gasteiger partial charge on any atom is 0.228 e. The highest BCUT2D eigenvalue weighted by molar-refractivity contribution is 5.96. The van der Waals surface area contributed by atoms with Gasteiger partial charge < -0.3 is 25.1 Å². The van der Waals surface area contributed by atoms with Crippen LogP contribution in [0.15, 0.2) is 24.3 Å². The highest BCUT2D eigenvalue weighted by Gasteiger charge is 2.31. The molecule has 2 rings (SSSR count). The van der Waals surface area contributed by atoms with E-state index in [0.29, 0.717) is 18.5 Å². The number of anilines is 1. The zero-order valence-electron chi connectivity index (χ0n) is 11.3. The summed E-state index contributed by atoms with van der Waals surface area (Å²) in [7, 11) is 0. The van der Waals surface area contributed by atoms with Crippen LogP contribution in [0.4, 0.5) is 5.69 Å². The van der Waals surface area contributed by atoms with Crippen LogP contribution in [0.1, 0.15) is 36.0 Å². The molecule has 0 spiro atoms. The fourth-order valence-electron chi connectivity index (χ4n) is 2.69. The molecule has 0 bridgehead atoms. The Labute approximate surface area is 121 Å². The van der Waals surface area contributed by atoms with Crippen LogP contribution in [0, 0.1) is 11.8 Å². The third-order valence-corrected chi connectivity index (χ3v) is 3.77. The molecule has 0 radical (unpaired) electrons. The van der Waals surface area contributed by atoms with E-state index in [9.17, 15) is 24.6 Å². The molecular weight excluding hydrogens is 274 g/mol. The van der Waals surface area contributed by atoms with E-state index < -0.39 is 29.7 Å². The van der Waals surface area contributed by atoms with E-state index in [4.69, 9.17) is 0 Å². The van der Waals surface area contributed by atoms with Gasteiger partial charge in [0.25, 0.3) is 0 Å². The molecule has 2 atom stereocenters. The number of hydrogen-bond acceptors (Lipinski definition) is 5. The van der Waals surface area contributed by atoms with Gasteiger partial charge in [-0.05, 0) is 30.5 Å². The molecule has 1 N–H and O–H groups in total. The van der Waals surface area contributed by atoms with E-state index in [1.807, 2.05) is 0 Å². The van der Waals surface area contributed by atoms with Gasteiger partial charge in [-0.3, -0.25) is 4.79 Å². The van der Waals surface area contributed by atoms with Crippen molar-refractivity contribution < 1.29 is 24.6 Å². The first-order valence-electron chi connectivity index (χ1n) is 6.82. The molecule has 112 valence electrons. The van der Waals surface area contributed by atoms with E-state index in [1.54, 1.807) is 6.07 Å². The zero-order valence-corrected chi connectivity index (χ0v) is 11.3. The van der Waals surface area contributed by atoms with Gasteiger partial charge in [0.05, 0.1) is 5.97 Å². The summed E-state index contributed by atoms with van der Waals surface area (Å²) in [5.74, 6) is -4.40. The van der Waals surface area contributed by atoms with Gasteiger partial charge in [-0.1, -0.05) is 25.0 Å². The molecule has 6 nitrogen and oxygen atoms in total. The Morgan fingerprint density at radius 2 is 1.71 bits per heavy atom. The number of amides is 1. The second-order valence-corrected chi connectivity index (χ2v) is 5.17. The fourth-order valence-corrected chi connectivity index (χ4v) is 2.69. The molecule has 0 saturated heterocycles. The average Bonchev–Trinajstić information content (AvgIpc) is 2.47. The Bertz CT molecular complexity index is 569. The molecule has 1 aliphatic rings. The first-order chi connectivity index (χ1) is 9.99. The lowest BCUT2D eigenvalue weighted by Gasteiger charge is -2.31. The van der Waals surface area contributed by atoms with Crippen LogP contribution in [0.25, 0.3) is 0 Å². The number of hydrogen-bond donors (Lipinski definition) is 1. The highest BCUT2D eigenvalue weighted by Crippen LogP contribution is 2.30. The van der Waals surface area contributed by atoms with Crippen LogP contribution in [-0.2, 0) is 9.59 Å². The van der Waals surface area contributed by atoms with Gasteiger partial charge in [0.1, 0.15) is 0 Å². The molecule has 1 amide bonds. The normalized spacial score (nSPS) is 21.5. The molecule has 0 heterocycles. The Balaban J connectivity index is 2.11. The van der Waals surface area contributed by atoms with E-state index in [1.165, 1.54) is 18.2 Å². The topological polar surface area (TPSA) is 109 Å². The summed E-state index contributed by atoms with van der Waals surface area (Å²) in [4.78, 5) is 34.1. The Morgan fingerprint density at radius 3 is 2.33 bits per heavy atom. The number of carboxylic acids is 2. The predicted octanol–water partition coefficient (Wildman–Crippen LogP) is -0.455. The lowest BCUT2D eigenvalue weighted by Crippen LogP contribution is -2.42. The number of nitrogens with one attached hydrogen (secondary N) is 1. The van der Waals surface area contributed by atoms with Crippen molar-refractivity contribution in [1.82, 2.24) is 0 Å². The van der Waals surface area contributed by atoms with E-state index in [-0.39, 0.29) is 5.56 Å². The molecule has 1 saturated carbocycles. The number of rotatable bonds is 4. The zero-order chi connectivity index (χ0) is 15.4. The summed E-state index contributed by atoms with van der Waals surface area (Å²) in [6.45, 7) is 0. The van der Waals surface area contributed by atoms with Crippen LogP contribution in [-0.4, -0.2) is 17.8 Å². The molecule has 1 aromatic carbocycles. The van der Waals surface area contributed by atoms with Crippen molar-refractivity contribution in [1.29, 1.82) is 0 Å². The molecule has 1 fully saturated rings. The lowest BCUT2D eigenvalue weighted by atomic mass is 9.78. The van der Waals surface area contributed by atoms with E-state index >= 15 is 0 Å².